The van der Waals surface area contributed by atoms with Gasteiger partial charge in [0.05, 0.1) is 11.1 Å². The largest absolute Gasteiger partial charge is 0.508 e. The Morgan fingerprint density at radius 2 is 1.70 bits per heavy atom. The number of amides is 4. The van der Waals surface area contributed by atoms with Crippen LogP contribution >= 0.6 is 0 Å². The van der Waals surface area contributed by atoms with Gasteiger partial charge in [-0.2, -0.15) is 0 Å². The second kappa shape index (κ2) is 7.11. The summed E-state index contributed by atoms with van der Waals surface area (Å²) in [5.74, 6) is -0.361. The Bertz CT molecular complexity index is 906. The van der Waals surface area contributed by atoms with E-state index in [4.69, 9.17) is 0 Å². The van der Waals surface area contributed by atoms with Gasteiger partial charge in [-0.1, -0.05) is 13.8 Å². The smallest absolute Gasteiger partial charge is 0.326 e. The molecule has 1 aliphatic heterocycles. The Hall–Kier alpha value is -3.35. The van der Waals surface area contributed by atoms with E-state index in [9.17, 15) is 19.5 Å². The molecule has 0 spiro atoms. The van der Waals surface area contributed by atoms with Crippen molar-refractivity contribution in [3.05, 3.63) is 53.6 Å². The summed E-state index contributed by atoms with van der Waals surface area (Å²) < 4.78 is 0. The molecule has 27 heavy (non-hydrogen) atoms. The zero-order chi connectivity index (χ0) is 19.7. The van der Waals surface area contributed by atoms with Crippen LogP contribution in [-0.2, 0) is 0 Å². The SMILES string of the molecule is CC(C)CN1C(=O)c2ccc(NC(=O)N(C)c3ccc(O)cc3)cc2C1=O. The number of urea groups is 1. The summed E-state index contributed by atoms with van der Waals surface area (Å²) in [7, 11) is 1.59. The van der Waals surface area contributed by atoms with Crippen molar-refractivity contribution in [1.82, 2.24) is 4.90 Å². The van der Waals surface area contributed by atoms with Gasteiger partial charge in [0.15, 0.2) is 0 Å². The van der Waals surface area contributed by atoms with Crippen molar-refractivity contribution < 1.29 is 19.5 Å². The minimum Gasteiger partial charge on any atom is -0.508 e. The number of hydrogen-bond acceptors (Lipinski definition) is 4. The van der Waals surface area contributed by atoms with Crippen LogP contribution in [0.25, 0.3) is 0 Å². The lowest BCUT2D eigenvalue weighted by Crippen LogP contribution is -2.33. The monoisotopic (exact) mass is 367 g/mol. The van der Waals surface area contributed by atoms with Crippen molar-refractivity contribution in [2.45, 2.75) is 13.8 Å². The molecule has 0 aliphatic carbocycles. The van der Waals surface area contributed by atoms with E-state index in [-0.39, 0.29) is 23.5 Å². The normalized spacial score (nSPS) is 13.1. The lowest BCUT2D eigenvalue weighted by Gasteiger charge is -2.18. The topological polar surface area (TPSA) is 90.0 Å². The highest BCUT2D eigenvalue weighted by Gasteiger charge is 2.35. The molecule has 0 radical (unpaired) electrons. The Kier molecular flexibility index (Phi) is 4.85. The van der Waals surface area contributed by atoms with Crippen LogP contribution in [0.4, 0.5) is 16.2 Å². The zero-order valence-electron chi connectivity index (χ0n) is 15.4. The molecule has 0 saturated carbocycles. The predicted molar refractivity (Wildman–Crippen MR) is 102 cm³/mol. The molecule has 0 atom stereocenters. The van der Waals surface area contributed by atoms with E-state index in [0.717, 1.165) is 0 Å². The number of nitrogens with one attached hydrogen (secondary N) is 1. The van der Waals surface area contributed by atoms with E-state index in [0.29, 0.717) is 29.0 Å². The first-order valence-electron chi connectivity index (χ1n) is 8.62. The Morgan fingerprint density at radius 3 is 2.33 bits per heavy atom. The van der Waals surface area contributed by atoms with E-state index < -0.39 is 6.03 Å². The second-order valence-electron chi connectivity index (χ2n) is 6.88. The molecule has 2 N–H and O–H groups in total. The molecule has 0 fully saturated rings. The summed E-state index contributed by atoms with van der Waals surface area (Å²) >= 11 is 0. The van der Waals surface area contributed by atoms with Crippen molar-refractivity contribution in [3.8, 4) is 5.75 Å². The number of imide groups is 1. The molecule has 1 heterocycles. The summed E-state index contributed by atoms with van der Waals surface area (Å²) in [6, 6.07) is 10.5. The van der Waals surface area contributed by atoms with Crippen LogP contribution in [0.15, 0.2) is 42.5 Å². The van der Waals surface area contributed by atoms with Gasteiger partial charge in [-0.05, 0) is 48.4 Å². The van der Waals surface area contributed by atoms with Crippen LogP contribution in [0.3, 0.4) is 0 Å². The third-order valence-electron chi connectivity index (χ3n) is 4.31. The number of fused-ring (bicyclic) bond motifs is 1. The average molecular weight is 367 g/mol. The molecule has 140 valence electrons. The Morgan fingerprint density at radius 1 is 1.07 bits per heavy atom. The molecular weight excluding hydrogens is 346 g/mol. The highest BCUT2D eigenvalue weighted by atomic mass is 16.3. The van der Waals surface area contributed by atoms with Crippen LogP contribution < -0.4 is 10.2 Å². The van der Waals surface area contributed by atoms with E-state index in [1.54, 1.807) is 31.3 Å². The summed E-state index contributed by atoms with van der Waals surface area (Å²) in [5.41, 5.74) is 1.68. The van der Waals surface area contributed by atoms with E-state index >= 15 is 0 Å². The van der Waals surface area contributed by atoms with Gasteiger partial charge in [0.1, 0.15) is 5.75 Å². The minimum atomic E-state index is -0.406. The molecule has 0 aromatic heterocycles. The third kappa shape index (κ3) is 3.62. The van der Waals surface area contributed by atoms with Crippen molar-refractivity contribution in [3.63, 3.8) is 0 Å². The number of aromatic hydroxyl groups is 1. The first-order chi connectivity index (χ1) is 12.8. The molecule has 1 aliphatic rings. The number of benzene rings is 2. The first kappa shape index (κ1) is 18.4. The fraction of sp³-hybridized carbons (Fsp3) is 0.250. The van der Waals surface area contributed by atoms with Gasteiger partial charge in [-0.15, -0.1) is 0 Å². The summed E-state index contributed by atoms with van der Waals surface area (Å²) in [6.07, 6.45) is 0. The van der Waals surface area contributed by atoms with Crippen LogP contribution in [0, 0.1) is 5.92 Å². The number of anilines is 2. The highest BCUT2D eigenvalue weighted by molar-refractivity contribution is 6.22. The third-order valence-corrected chi connectivity index (χ3v) is 4.31. The van der Waals surface area contributed by atoms with Crippen LogP contribution in [-0.4, -0.2) is 41.4 Å². The van der Waals surface area contributed by atoms with Gasteiger partial charge in [-0.3, -0.25) is 19.4 Å². The maximum atomic E-state index is 12.5. The lowest BCUT2D eigenvalue weighted by atomic mass is 10.1. The molecule has 0 bridgehead atoms. The number of rotatable bonds is 4. The van der Waals surface area contributed by atoms with Crippen LogP contribution in [0.1, 0.15) is 34.6 Å². The molecule has 3 rings (SSSR count). The average Bonchev–Trinajstić information content (AvgIpc) is 2.86. The minimum absolute atomic E-state index is 0.111. The van der Waals surface area contributed by atoms with Crippen molar-refractivity contribution in [1.29, 1.82) is 0 Å². The maximum absolute atomic E-state index is 12.5. The predicted octanol–water partition coefficient (Wildman–Crippen LogP) is 3.31. The fourth-order valence-corrected chi connectivity index (χ4v) is 2.90. The molecule has 0 unspecified atom stereocenters. The van der Waals surface area contributed by atoms with Crippen molar-refractivity contribution >= 4 is 29.2 Å². The summed E-state index contributed by atoms with van der Waals surface area (Å²) in [6.45, 7) is 4.24. The van der Waals surface area contributed by atoms with Gasteiger partial charge < -0.3 is 10.4 Å². The Labute approximate surface area is 157 Å². The van der Waals surface area contributed by atoms with Crippen molar-refractivity contribution in [2.24, 2.45) is 5.92 Å². The number of hydrogen-bond donors (Lipinski definition) is 2. The molecular formula is C20H21N3O4. The van der Waals surface area contributed by atoms with E-state index in [1.165, 1.54) is 28.0 Å². The highest BCUT2D eigenvalue weighted by Crippen LogP contribution is 2.27. The number of carbonyl (C=O) groups excluding carboxylic acids is 3. The van der Waals surface area contributed by atoms with E-state index in [1.807, 2.05) is 13.8 Å². The van der Waals surface area contributed by atoms with Crippen molar-refractivity contribution in [2.75, 3.05) is 23.8 Å². The lowest BCUT2D eigenvalue weighted by molar-refractivity contribution is 0.0636. The molecule has 2 aromatic rings. The van der Waals surface area contributed by atoms with Gasteiger partial charge in [0.2, 0.25) is 0 Å². The molecule has 0 saturated heterocycles. The zero-order valence-corrected chi connectivity index (χ0v) is 15.4. The van der Waals surface area contributed by atoms with Gasteiger partial charge in [0.25, 0.3) is 11.8 Å². The summed E-state index contributed by atoms with van der Waals surface area (Å²) in [5, 5.41) is 12.1. The number of phenolic OH excluding ortho intramolecular Hbond substituents is 1. The Balaban J connectivity index is 1.77. The van der Waals surface area contributed by atoms with E-state index in [2.05, 4.69) is 5.32 Å². The second-order valence-corrected chi connectivity index (χ2v) is 6.88. The van der Waals surface area contributed by atoms with Crippen LogP contribution in [0.2, 0.25) is 0 Å². The molecule has 2 aromatic carbocycles. The molecule has 7 nitrogen and oxygen atoms in total. The van der Waals surface area contributed by atoms with Gasteiger partial charge in [0, 0.05) is 25.0 Å². The first-order valence-corrected chi connectivity index (χ1v) is 8.62. The van der Waals surface area contributed by atoms with Gasteiger partial charge >= 0.3 is 6.03 Å². The van der Waals surface area contributed by atoms with Gasteiger partial charge in [-0.25, -0.2) is 4.79 Å². The maximum Gasteiger partial charge on any atom is 0.326 e. The standard InChI is InChI=1S/C20H21N3O4/c1-12(2)11-23-18(25)16-9-4-13(10-17(16)19(23)26)21-20(27)22(3)14-5-7-15(24)8-6-14/h4-10,12,24H,11H2,1-3H3,(H,21,27). The quantitative estimate of drug-likeness (QED) is 0.811. The van der Waals surface area contributed by atoms with Crippen LogP contribution in [0.5, 0.6) is 5.75 Å². The number of phenols is 1. The molecule has 7 heteroatoms. The fourth-order valence-electron chi connectivity index (χ4n) is 2.90. The summed E-state index contributed by atoms with van der Waals surface area (Å²) in [4.78, 5) is 40.0. The molecule has 4 amide bonds. The number of carbonyl (C=O) groups is 3. The number of nitrogens with zero attached hydrogens (tertiary/aromatic N) is 2.